The Kier molecular flexibility index (Phi) is 5.20. The van der Waals surface area contributed by atoms with Gasteiger partial charge in [-0.15, -0.1) is 0 Å². The van der Waals surface area contributed by atoms with E-state index in [1.54, 1.807) is 0 Å². The van der Waals surface area contributed by atoms with Gasteiger partial charge in [0.1, 0.15) is 16.9 Å². The summed E-state index contributed by atoms with van der Waals surface area (Å²) in [4.78, 5) is 20.1. The molecule has 2 N–H and O–H groups in total. The molecule has 4 rings (SSSR count). The average molecular weight is 397 g/mol. The summed E-state index contributed by atoms with van der Waals surface area (Å²) in [6.07, 6.45) is 1.08. The number of aliphatic carboxylic acids is 1. The van der Waals surface area contributed by atoms with E-state index in [1.165, 1.54) is 0 Å². The number of anilines is 1. The van der Waals surface area contributed by atoms with E-state index in [4.69, 9.17) is 14.6 Å². The van der Waals surface area contributed by atoms with E-state index in [-0.39, 0.29) is 13.2 Å². The van der Waals surface area contributed by atoms with Crippen molar-refractivity contribution >= 4 is 22.8 Å². The zero-order valence-electron chi connectivity index (χ0n) is 16.4. The normalized spacial score (nSPS) is 12.5. The van der Waals surface area contributed by atoms with Crippen molar-refractivity contribution in [2.75, 3.05) is 12.1 Å². The Labute approximate surface area is 167 Å². The van der Waals surface area contributed by atoms with E-state index < -0.39 is 5.97 Å². The summed E-state index contributed by atoms with van der Waals surface area (Å²) in [6.45, 7) is 5.43. The van der Waals surface area contributed by atoms with Crippen molar-refractivity contribution in [3.8, 4) is 11.5 Å². The number of carbonyl (C=O) groups is 1. The fourth-order valence-corrected chi connectivity index (χ4v) is 3.37. The number of nitrogens with zero attached hydrogens (tertiary/aromatic N) is 4. The lowest BCUT2D eigenvalue weighted by Gasteiger charge is -2.11. The van der Waals surface area contributed by atoms with Crippen molar-refractivity contribution in [3.63, 3.8) is 0 Å². The van der Waals surface area contributed by atoms with Crippen LogP contribution in [0.25, 0.3) is 11.0 Å². The van der Waals surface area contributed by atoms with Gasteiger partial charge in [-0.05, 0) is 38.0 Å². The van der Waals surface area contributed by atoms with Crippen LogP contribution in [0, 0.1) is 6.92 Å². The molecule has 0 unspecified atom stereocenters. The van der Waals surface area contributed by atoms with Gasteiger partial charge in [0, 0.05) is 25.9 Å². The van der Waals surface area contributed by atoms with Gasteiger partial charge in [-0.25, -0.2) is 9.97 Å². The van der Waals surface area contributed by atoms with Crippen LogP contribution >= 0.6 is 0 Å². The topological polar surface area (TPSA) is 111 Å². The Morgan fingerprint density at radius 1 is 1.28 bits per heavy atom. The second-order valence-electron chi connectivity index (χ2n) is 6.88. The molecule has 2 aromatic heterocycles. The number of benzene rings is 1. The molecule has 0 saturated heterocycles. The molecule has 29 heavy (non-hydrogen) atoms. The molecule has 9 nitrogen and oxygen atoms in total. The molecule has 3 aromatic rings. The summed E-state index contributed by atoms with van der Waals surface area (Å²) in [5.41, 5.74) is 3.51. The van der Waals surface area contributed by atoms with Gasteiger partial charge < -0.3 is 19.9 Å². The predicted molar refractivity (Wildman–Crippen MR) is 106 cm³/mol. The molecule has 0 aliphatic carbocycles. The van der Waals surface area contributed by atoms with Crippen LogP contribution in [-0.4, -0.2) is 37.6 Å². The molecule has 0 amide bonds. The first-order chi connectivity index (χ1) is 14.0. The molecule has 1 aromatic carbocycles. The van der Waals surface area contributed by atoms with Gasteiger partial charge in [0.15, 0.2) is 17.3 Å². The molecule has 0 atom stereocenters. The quantitative estimate of drug-likeness (QED) is 0.597. The molecule has 0 spiro atoms. The van der Waals surface area contributed by atoms with E-state index >= 15 is 0 Å². The largest absolute Gasteiger partial charge is 0.481 e. The van der Waals surface area contributed by atoms with Crippen molar-refractivity contribution < 1.29 is 19.4 Å². The third kappa shape index (κ3) is 3.94. The van der Waals surface area contributed by atoms with Crippen molar-refractivity contribution in [2.24, 2.45) is 0 Å². The van der Waals surface area contributed by atoms with Crippen LogP contribution in [0.3, 0.4) is 0 Å². The number of hydrogen-bond donors (Lipinski definition) is 2. The number of carboxylic acid groups (broad SMARTS) is 1. The van der Waals surface area contributed by atoms with Crippen molar-refractivity contribution in [2.45, 2.75) is 46.2 Å². The van der Waals surface area contributed by atoms with E-state index in [0.29, 0.717) is 37.6 Å². The van der Waals surface area contributed by atoms with Crippen LogP contribution in [0.1, 0.15) is 36.8 Å². The molecule has 0 radical (unpaired) electrons. The highest BCUT2D eigenvalue weighted by molar-refractivity contribution is 5.87. The minimum Gasteiger partial charge on any atom is -0.481 e. The molecule has 3 heterocycles. The van der Waals surface area contributed by atoms with Crippen LogP contribution in [0.2, 0.25) is 0 Å². The number of fused-ring (bicyclic) bond motifs is 2. The average Bonchev–Trinajstić information content (AvgIpc) is 3.30. The summed E-state index contributed by atoms with van der Waals surface area (Å²) >= 11 is 0. The summed E-state index contributed by atoms with van der Waals surface area (Å²) < 4.78 is 12.7. The molecule has 1 aliphatic rings. The zero-order chi connectivity index (χ0) is 20.4. The van der Waals surface area contributed by atoms with E-state index in [0.717, 1.165) is 33.8 Å². The number of rotatable bonds is 8. The van der Waals surface area contributed by atoms with E-state index in [1.807, 2.05) is 36.7 Å². The van der Waals surface area contributed by atoms with Gasteiger partial charge in [0.25, 0.3) is 0 Å². The van der Waals surface area contributed by atoms with Crippen LogP contribution in [-0.2, 0) is 24.3 Å². The van der Waals surface area contributed by atoms with E-state index in [2.05, 4.69) is 20.4 Å². The van der Waals surface area contributed by atoms with Gasteiger partial charge in [0.05, 0.1) is 5.69 Å². The van der Waals surface area contributed by atoms with Crippen molar-refractivity contribution in [1.29, 1.82) is 0 Å². The lowest BCUT2D eigenvalue weighted by atomic mass is 10.2. The van der Waals surface area contributed by atoms with Gasteiger partial charge in [-0.2, -0.15) is 5.10 Å². The summed E-state index contributed by atoms with van der Waals surface area (Å²) in [6, 6.07) is 5.82. The zero-order valence-corrected chi connectivity index (χ0v) is 16.4. The third-order valence-corrected chi connectivity index (χ3v) is 4.79. The number of hydrogen-bond acceptors (Lipinski definition) is 7. The minimum atomic E-state index is -0.817. The first-order valence-electron chi connectivity index (χ1n) is 9.63. The maximum absolute atomic E-state index is 10.8. The Morgan fingerprint density at radius 2 is 2.10 bits per heavy atom. The third-order valence-electron chi connectivity index (χ3n) is 4.79. The first-order valence-corrected chi connectivity index (χ1v) is 9.63. The Hall–Kier alpha value is -3.36. The fraction of sp³-hybridized carbons (Fsp3) is 0.400. The lowest BCUT2D eigenvalue weighted by molar-refractivity contribution is -0.137. The lowest BCUT2D eigenvalue weighted by Crippen LogP contribution is -2.08. The minimum absolute atomic E-state index is 0.0918. The number of aryl methyl sites for hydroxylation is 3. The standard InChI is InChI=1S/C20H23N5O4/c1-3-25-19-18(12(2)24-25)22-16(5-4-6-17(26)27)23-20(19)21-10-13-7-8-14-15(9-13)29-11-28-14/h7-9H,3-6,10-11H2,1-2H3,(H,26,27)(H,21,22,23). The Morgan fingerprint density at radius 3 is 2.90 bits per heavy atom. The van der Waals surface area contributed by atoms with Crippen LogP contribution < -0.4 is 14.8 Å². The van der Waals surface area contributed by atoms with Crippen LogP contribution in [0.4, 0.5) is 5.82 Å². The molecule has 0 saturated carbocycles. The van der Waals surface area contributed by atoms with E-state index in [9.17, 15) is 4.79 Å². The molecule has 0 fully saturated rings. The Balaban J connectivity index is 1.62. The Bertz CT molecular complexity index is 1060. The summed E-state index contributed by atoms with van der Waals surface area (Å²) in [7, 11) is 0. The summed E-state index contributed by atoms with van der Waals surface area (Å²) in [5, 5.41) is 16.9. The highest BCUT2D eigenvalue weighted by Crippen LogP contribution is 2.33. The van der Waals surface area contributed by atoms with Gasteiger partial charge in [-0.1, -0.05) is 6.07 Å². The number of ether oxygens (including phenoxy) is 2. The molecule has 9 heteroatoms. The number of nitrogens with one attached hydrogen (secondary N) is 1. The molecule has 1 aliphatic heterocycles. The molecular formula is C20H23N5O4. The number of carboxylic acids is 1. The van der Waals surface area contributed by atoms with Crippen molar-refractivity contribution in [3.05, 3.63) is 35.3 Å². The SMILES string of the molecule is CCn1nc(C)c2nc(CCCC(=O)O)nc(NCc3ccc4c(c3)OCO4)c21. The number of aromatic nitrogens is 4. The predicted octanol–water partition coefficient (Wildman–Crippen LogP) is 2.90. The van der Waals surface area contributed by atoms with Crippen LogP contribution in [0.5, 0.6) is 11.5 Å². The molecular weight excluding hydrogens is 374 g/mol. The molecule has 0 bridgehead atoms. The fourth-order valence-electron chi connectivity index (χ4n) is 3.37. The van der Waals surface area contributed by atoms with Gasteiger partial charge in [-0.3, -0.25) is 9.48 Å². The second-order valence-corrected chi connectivity index (χ2v) is 6.88. The highest BCUT2D eigenvalue weighted by atomic mass is 16.7. The molecule has 152 valence electrons. The second kappa shape index (κ2) is 7.94. The maximum atomic E-state index is 10.8. The highest BCUT2D eigenvalue weighted by Gasteiger charge is 2.17. The van der Waals surface area contributed by atoms with Crippen LogP contribution in [0.15, 0.2) is 18.2 Å². The first kappa shape index (κ1) is 19.0. The maximum Gasteiger partial charge on any atom is 0.303 e. The van der Waals surface area contributed by atoms with Gasteiger partial charge >= 0.3 is 5.97 Å². The monoisotopic (exact) mass is 397 g/mol. The summed E-state index contributed by atoms with van der Waals surface area (Å²) in [5.74, 6) is 1.98. The van der Waals surface area contributed by atoms with Crippen molar-refractivity contribution in [1.82, 2.24) is 19.7 Å². The van der Waals surface area contributed by atoms with Gasteiger partial charge in [0.2, 0.25) is 6.79 Å². The smallest absolute Gasteiger partial charge is 0.303 e.